The van der Waals surface area contributed by atoms with Gasteiger partial charge < -0.3 is 0 Å². The second-order valence-electron chi connectivity index (χ2n) is 8.05. The Labute approximate surface area is 211 Å². The van der Waals surface area contributed by atoms with Gasteiger partial charge in [-0.05, 0) is 69.8 Å². The third-order valence-electron chi connectivity index (χ3n) is 5.65. The SMILES string of the molecule is N#Cc1ccc(/C=C/c2cccc(/C=C/c3ccc(C#N)cc3)c2/C=C/c2ccc(C#N)cc2)cc1. The molecule has 0 saturated carbocycles. The fraction of sp³-hybridized carbons (Fsp3) is 0. The summed E-state index contributed by atoms with van der Waals surface area (Å²) < 4.78 is 0. The van der Waals surface area contributed by atoms with E-state index in [0.29, 0.717) is 16.7 Å². The van der Waals surface area contributed by atoms with Crippen LogP contribution in [-0.2, 0) is 0 Å². The number of nitrogens with zero attached hydrogens (tertiary/aromatic N) is 3. The summed E-state index contributed by atoms with van der Waals surface area (Å²) in [6.45, 7) is 0. The predicted molar refractivity (Wildman–Crippen MR) is 147 cm³/mol. The van der Waals surface area contributed by atoms with Gasteiger partial charge in [0, 0.05) is 0 Å². The van der Waals surface area contributed by atoms with Crippen LogP contribution >= 0.6 is 0 Å². The van der Waals surface area contributed by atoms with Crippen LogP contribution in [0.5, 0.6) is 0 Å². The van der Waals surface area contributed by atoms with E-state index in [2.05, 4.69) is 48.6 Å². The molecular formula is C33H21N3. The van der Waals surface area contributed by atoms with Crippen LogP contribution in [0, 0.1) is 34.0 Å². The molecule has 0 atom stereocenters. The molecule has 0 saturated heterocycles. The van der Waals surface area contributed by atoms with Gasteiger partial charge in [0.25, 0.3) is 0 Å². The van der Waals surface area contributed by atoms with Gasteiger partial charge in [-0.3, -0.25) is 0 Å². The van der Waals surface area contributed by atoms with Gasteiger partial charge in [-0.15, -0.1) is 0 Å². The van der Waals surface area contributed by atoms with Crippen LogP contribution in [0.4, 0.5) is 0 Å². The van der Waals surface area contributed by atoms with Crippen molar-refractivity contribution in [2.45, 2.75) is 0 Å². The van der Waals surface area contributed by atoms with Gasteiger partial charge in [0.1, 0.15) is 0 Å². The molecule has 4 rings (SSSR count). The standard InChI is InChI=1S/C33H21N3/c34-22-28-10-4-25(5-11-28)16-19-31-2-1-3-32(20-17-26-6-12-29(23-35)13-7-26)33(31)21-18-27-8-14-30(24-36)15-9-27/h1-21H/b19-16+,20-17+,21-18+. The lowest BCUT2D eigenvalue weighted by Crippen LogP contribution is -1.87. The monoisotopic (exact) mass is 459 g/mol. The Kier molecular flexibility index (Phi) is 7.66. The lowest BCUT2D eigenvalue weighted by molar-refractivity contribution is 1.48. The van der Waals surface area contributed by atoms with Gasteiger partial charge in [0.05, 0.1) is 34.9 Å². The Bertz CT molecular complexity index is 1480. The van der Waals surface area contributed by atoms with E-state index < -0.39 is 0 Å². The minimum atomic E-state index is 0.629. The van der Waals surface area contributed by atoms with Crippen LogP contribution in [0.2, 0.25) is 0 Å². The maximum atomic E-state index is 9.06. The highest BCUT2D eigenvalue weighted by Gasteiger charge is 2.03. The maximum absolute atomic E-state index is 9.06. The smallest absolute Gasteiger partial charge is 0.0991 e. The largest absolute Gasteiger partial charge is 0.192 e. The normalized spacial score (nSPS) is 10.9. The molecule has 0 fully saturated rings. The van der Waals surface area contributed by atoms with E-state index in [1.54, 1.807) is 0 Å². The molecule has 0 bridgehead atoms. The van der Waals surface area contributed by atoms with Gasteiger partial charge in [-0.25, -0.2) is 0 Å². The van der Waals surface area contributed by atoms with Gasteiger partial charge in [-0.1, -0.05) is 91.1 Å². The molecule has 0 aromatic heterocycles. The van der Waals surface area contributed by atoms with Crippen molar-refractivity contribution in [2.24, 2.45) is 0 Å². The first-order valence-corrected chi connectivity index (χ1v) is 11.4. The zero-order valence-corrected chi connectivity index (χ0v) is 19.5. The quantitative estimate of drug-likeness (QED) is 0.276. The summed E-state index contributed by atoms with van der Waals surface area (Å²) in [5, 5.41) is 27.1. The second kappa shape index (κ2) is 11.6. The van der Waals surface area contributed by atoms with Gasteiger partial charge in [-0.2, -0.15) is 15.8 Å². The number of rotatable bonds is 6. The number of hydrogen-bond donors (Lipinski definition) is 0. The summed E-state index contributed by atoms with van der Waals surface area (Å²) >= 11 is 0. The molecule has 0 aliphatic carbocycles. The average Bonchev–Trinajstić information content (AvgIpc) is 2.95. The van der Waals surface area contributed by atoms with Gasteiger partial charge in [0.2, 0.25) is 0 Å². The van der Waals surface area contributed by atoms with E-state index in [0.717, 1.165) is 33.4 Å². The number of benzene rings is 4. The van der Waals surface area contributed by atoms with Crippen molar-refractivity contribution in [3.63, 3.8) is 0 Å². The molecule has 0 aliphatic heterocycles. The summed E-state index contributed by atoms with van der Waals surface area (Å²) in [6, 6.07) is 35.0. The van der Waals surface area contributed by atoms with E-state index >= 15 is 0 Å². The highest BCUT2D eigenvalue weighted by molar-refractivity contribution is 5.85. The Hall–Kier alpha value is -5.43. The zero-order valence-electron chi connectivity index (χ0n) is 19.5. The fourth-order valence-electron chi connectivity index (χ4n) is 3.64. The summed E-state index contributed by atoms with van der Waals surface area (Å²) in [7, 11) is 0. The van der Waals surface area contributed by atoms with E-state index in [1.165, 1.54) is 0 Å². The van der Waals surface area contributed by atoms with Crippen LogP contribution in [-0.4, -0.2) is 0 Å². The maximum Gasteiger partial charge on any atom is 0.0991 e. The molecule has 4 aromatic rings. The van der Waals surface area contributed by atoms with Gasteiger partial charge >= 0.3 is 0 Å². The number of hydrogen-bond acceptors (Lipinski definition) is 3. The first-order chi connectivity index (χ1) is 17.7. The van der Waals surface area contributed by atoms with Crippen molar-refractivity contribution in [1.29, 1.82) is 15.8 Å². The molecule has 3 nitrogen and oxygen atoms in total. The van der Waals surface area contributed by atoms with Crippen molar-refractivity contribution < 1.29 is 0 Å². The third-order valence-corrected chi connectivity index (χ3v) is 5.65. The Morgan fingerprint density at radius 2 is 0.722 bits per heavy atom. The predicted octanol–water partition coefficient (Wildman–Crippen LogP) is 7.81. The first-order valence-electron chi connectivity index (χ1n) is 11.4. The zero-order chi connectivity index (χ0) is 25.2. The molecule has 36 heavy (non-hydrogen) atoms. The molecule has 0 aliphatic rings. The van der Waals surface area contributed by atoms with E-state index in [4.69, 9.17) is 15.8 Å². The van der Waals surface area contributed by atoms with Crippen LogP contribution in [0.25, 0.3) is 36.5 Å². The molecule has 4 aromatic carbocycles. The van der Waals surface area contributed by atoms with E-state index in [-0.39, 0.29) is 0 Å². The molecule has 0 unspecified atom stereocenters. The average molecular weight is 460 g/mol. The lowest BCUT2D eigenvalue weighted by Gasteiger charge is -2.07. The Balaban J connectivity index is 1.70. The molecule has 168 valence electrons. The summed E-state index contributed by atoms with van der Waals surface area (Å²) in [4.78, 5) is 0. The second-order valence-corrected chi connectivity index (χ2v) is 8.05. The third kappa shape index (κ3) is 6.12. The molecule has 3 heteroatoms. The minimum Gasteiger partial charge on any atom is -0.192 e. The molecule has 0 N–H and O–H groups in total. The first kappa shape index (κ1) is 23.7. The van der Waals surface area contributed by atoms with Crippen LogP contribution in [0.15, 0.2) is 91.0 Å². The van der Waals surface area contributed by atoms with E-state index in [9.17, 15) is 0 Å². The van der Waals surface area contributed by atoms with Crippen molar-refractivity contribution in [3.05, 3.63) is 141 Å². The highest BCUT2D eigenvalue weighted by Crippen LogP contribution is 2.23. The van der Waals surface area contributed by atoms with Crippen molar-refractivity contribution >= 4 is 36.5 Å². The Morgan fingerprint density at radius 3 is 1.06 bits per heavy atom. The topological polar surface area (TPSA) is 71.4 Å². The molecule has 0 heterocycles. The molecule has 0 radical (unpaired) electrons. The fourth-order valence-corrected chi connectivity index (χ4v) is 3.64. The molecule has 0 amide bonds. The van der Waals surface area contributed by atoms with Crippen LogP contribution < -0.4 is 0 Å². The van der Waals surface area contributed by atoms with E-state index in [1.807, 2.05) is 97.1 Å². The van der Waals surface area contributed by atoms with Crippen molar-refractivity contribution in [1.82, 2.24) is 0 Å². The molecule has 0 spiro atoms. The lowest BCUT2D eigenvalue weighted by atomic mass is 9.97. The Morgan fingerprint density at radius 1 is 0.389 bits per heavy atom. The summed E-state index contributed by atoms with van der Waals surface area (Å²) in [5.74, 6) is 0. The molecular weight excluding hydrogens is 438 g/mol. The summed E-state index contributed by atoms with van der Waals surface area (Å²) in [6.07, 6.45) is 12.3. The van der Waals surface area contributed by atoms with Crippen LogP contribution in [0.1, 0.15) is 50.1 Å². The van der Waals surface area contributed by atoms with Crippen LogP contribution in [0.3, 0.4) is 0 Å². The number of nitriles is 3. The minimum absolute atomic E-state index is 0.629. The van der Waals surface area contributed by atoms with Crippen molar-refractivity contribution in [2.75, 3.05) is 0 Å². The summed E-state index contributed by atoms with van der Waals surface area (Å²) in [5.41, 5.74) is 8.06. The van der Waals surface area contributed by atoms with Crippen molar-refractivity contribution in [3.8, 4) is 18.2 Å². The highest BCUT2D eigenvalue weighted by atomic mass is 14.2. The van der Waals surface area contributed by atoms with Gasteiger partial charge in [0.15, 0.2) is 0 Å².